The number of fused-ring (bicyclic) bond motifs is 8. The van der Waals surface area contributed by atoms with E-state index in [1.54, 1.807) is 0 Å². The fourth-order valence-electron chi connectivity index (χ4n) is 9.44. The number of hydrogen-bond acceptors (Lipinski definition) is 5. The second kappa shape index (κ2) is 14.9. The summed E-state index contributed by atoms with van der Waals surface area (Å²) < 4.78 is 11.4. The molecule has 7 nitrogen and oxygen atoms in total. The van der Waals surface area contributed by atoms with Crippen LogP contribution in [-0.4, -0.2) is 29.1 Å². The van der Waals surface area contributed by atoms with Crippen molar-refractivity contribution in [1.29, 1.82) is 0 Å². The largest absolute Gasteiger partial charge is 0.434 e. The van der Waals surface area contributed by atoms with E-state index in [1.165, 1.54) is 10.8 Å². The van der Waals surface area contributed by atoms with Crippen LogP contribution in [0, 0.1) is 0 Å². The third kappa shape index (κ3) is 6.05. The minimum absolute atomic E-state index is 0.603. The lowest BCUT2D eigenvalue weighted by Gasteiger charge is -2.14. The van der Waals surface area contributed by atoms with E-state index in [-0.39, 0.29) is 0 Å². The quantitative estimate of drug-likeness (QED) is 0.160. The van der Waals surface area contributed by atoms with Gasteiger partial charge in [0.15, 0.2) is 23.1 Å². The van der Waals surface area contributed by atoms with E-state index in [1.807, 2.05) is 91.0 Å². The van der Waals surface area contributed by atoms with Gasteiger partial charge in [-0.15, -0.1) is 0 Å². The van der Waals surface area contributed by atoms with Gasteiger partial charge < -0.3 is 13.6 Å². The molecule has 0 aliphatic heterocycles. The van der Waals surface area contributed by atoms with Crippen molar-refractivity contribution in [2.24, 2.45) is 0 Å². The van der Waals surface area contributed by atoms with Gasteiger partial charge in [0, 0.05) is 60.7 Å². The molecule has 0 bridgehead atoms. The zero-order valence-corrected chi connectivity index (χ0v) is 34.9. The van der Waals surface area contributed by atoms with Gasteiger partial charge in [-0.3, -0.25) is 0 Å². The summed E-state index contributed by atoms with van der Waals surface area (Å²) in [6.07, 6.45) is 0. The Morgan fingerprint density at radius 1 is 0.323 bits per heavy atom. The van der Waals surface area contributed by atoms with Crippen molar-refractivity contribution >= 4 is 54.7 Å². The van der Waals surface area contributed by atoms with Crippen molar-refractivity contribution in [3.8, 4) is 68.1 Å². The van der Waals surface area contributed by atoms with Crippen molar-refractivity contribution in [2.45, 2.75) is 0 Å². The molecule has 13 rings (SSSR count). The van der Waals surface area contributed by atoms with Crippen LogP contribution in [0.5, 0.6) is 0 Å². The number of nitrogens with zero attached hydrogens (tertiary/aromatic N) is 6. The maximum Gasteiger partial charge on any atom is 0.227 e. The van der Waals surface area contributed by atoms with Gasteiger partial charge in [0.05, 0.1) is 22.1 Å². The van der Waals surface area contributed by atoms with Crippen LogP contribution < -0.4 is 0 Å². The van der Waals surface area contributed by atoms with E-state index in [0.29, 0.717) is 23.4 Å². The molecular weight excluding hydrogens is 797 g/mol. The number of benzene rings is 9. The molecule has 0 atom stereocenters. The molecule has 4 heterocycles. The average Bonchev–Trinajstić information content (AvgIpc) is 4.08. The van der Waals surface area contributed by atoms with E-state index >= 15 is 0 Å². The molecule has 0 saturated heterocycles. The summed E-state index contributed by atoms with van der Waals surface area (Å²) in [5.74, 6) is 2.47. The Balaban J connectivity index is 1.02. The topological polar surface area (TPSA) is 74.6 Å². The smallest absolute Gasteiger partial charge is 0.227 e. The Morgan fingerprint density at radius 3 is 1.58 bits per heavy atom. The monoisotopic (exact) mass is 832 g/mol. The van der Waals surface area contributed by atoms with E-state index in [2.05, 4.69) is 137 Å². The molecule has 13 aromatic rings. The minimum Gasteiger partial charge on any atom is -0.434 e. The highest BCUT2D eigenvalue weighted by Crippen LogP contribution is 2.43. The molecule has 0 amide bonds. The fraction of sp³-hybridized carbons (Fsp3) is 0. The molecule has 304 valence electrons. The number of aromatic nitrogens is 6. The first-order valence-electron chi connectivity index (χ1n) is 21.7. The van der Waals surface area contributed by atoms with Crippen LogP contribution in [0.4, 0.5) is 0 Å². The summed E-state index contributed by atoms with van der Waals surface area (Å²) in [6.45, 7) is 0. The van der Waals surface area contributed by atoms with E-state index in [4.69, 9.17) is 24.4 Å². The number of para-hydroxylation sites is 3. The lowest BCUT2D eigenvalue weighted by atomic mass is 9.99. The first-order valence-corrected chi connectivity index (χ1v) is 21.7. The SMILES string of the molecule is c1ccc(-c2nc(-c3ccccc3)nc(-c3cccc(-n4c5ccccc5c5cccc(-c6ccc7c(c6)c6ccc8nc(-c9ccccc9)oc8c6n7-c6ccccc6)c54)c3)n2)cc1. The summed E-state index contributed by atoms with van der Waals surface area (Å²) in [7, 11) is 0. The molecule has 0 fully saturated rings. The second-order valence-electron chi connectivity index (χ2n) is 16.2. The molecule has 0 aliphatic carbocycles. The summed E-state index contributed by atoms with van der Waals surface area (Å²) in [4.78, 5) is 20.1. The van der Waals surface area contributed by atoms with Crippen molar-refractivity contribution < 1.29 is 4.42 Å². The van der Waals surface area contributed by atoms with Gasteiger partial charge in [0.2, 0.25) is 5.89 Å². The minimum atomic E-state index is 0.603. The Morgan fingerprint density at radius 2 is 0.862 bits per heavy atom. The zero-order chi connectivity index (χ0) is 42.8. The van der Waals surface area contributed by atoms with Gasteiger partial charge in [0.1, 0.15) is 5.52 Å². The molecular formula is C58H36N6O. The zero-order valence-electron chi connectivity index (χ0n) is 34.9. The molecule has 0 saturated carbocycles. The molecule has 7 heteroatoms. The maximum absolute atomic E-state index is 6.68. The number of oxazole rings is 1. The van der Waals surface area contributed by atoms with Crippen molar-refractivity contribution in [1.82, 2.24) is 29.1 Å². The first kappa shape index (κ1) is 36.7. The standard InChI is InChI=1S/C58H36N6O/c1-5-17-37(18-6-1)55-60-56(38-19-7-2-8-20-38)62-57(61-55)41-23-15-26-43(35-41)64-50-30-14-13-27-45(50)46-29-16-28-44(52(46)64)40-31-34-51-48(36-40)47-32-33-49-54(53(47)63(51)42-24-11-4-12-25-42)65-58(59-49)39-21-9-3-10-22-39/h1-36H. The number of hydrogen-bond donors (Lipinski definition) is 0. The van der Waals surface area contributed by atoms with Crippen LogP contribution >= 0.6 is 0 Å². The molecule has 0 radical (unpaired) electrons. The third-order valence-corrected chi connectivity index (χ3v) is 12.4. The lowest BCUT2D eigenvalue weighted by Crippen LogP contribution is -2.01. The first-order chi connectivity index (χ1) is 32.2. The third-order valence-electron chi connectivity index (χ3n) is 12.4. The fourth-order valence-corrected chi connectivity index (χ4v) is 9.44. The van der Waals surface area contributed by atoms with Crippen molar-refractivity contribution in [3.63, 3.8) is 0 Å². The van der Waals surface area contributed by atoms with Crippen LogP contribution in [0.3, 0.4) is 0 Å². The predicted molar refractivity (Wildman–Crippen MR) is 263 cm³/mol. The Bertz CT molecular complexity index is 3870. The Labute approximate surface area is 373 Å². The van der Waals surface area contributed by atoms with Gasteiger partial charge in [-0.1, -0.05) is 152 Å². The lowest BCUT2D eigenvalue weighted by molar-refractivity contribution is 0.622. The summed E-state index contributed by atoms with van der Waals surface area (Å²) in [5.41, 5.74) is 13.9. The van der Waals surface area contributed by atoms with Gasteiger partial charge >= 0.3 is 0 Å². The van der Waals surface area contributed by atoms with E-state index in [0.717, 1.165) is 88.7 Å². The maximum atomic E-state index is 6.68. The van der Waals surface area contributed by atoms with Crippen molar-refractivity contribution in [3.05, 3.63) is 218 Å². The Kier molecular flexibility index (Phi) is 8.39. The normalized spacial score (nSPS) is 11.7. The molecule has 9 aromatic carbocycles. The highest BCUT2D eigenvalue weighted by molar-refractivity contribution is 6.19. The predicted octanol–water partition coefficient (Wildman–Crippen LogP) is 14.5. The molecule has 0 N–H and O–H groups in total. The highest BCUT2D eigenvalue weighted by Gasteiger charge is 2.22. The van der Waals surface area contributed by atoms with Crippen LogP contribution in [0.15, 0.2) is 223 Å². The van der Waals surface area contributed by atoms with E-state index < -0.39 is 0 Å². The summed E-state index contributed by atoms with van der Waals surface area (Å²) in [6, 6.07) is 75.8. The second-order valence-corrected chi connectivity index (χ2v) is 16.2. The molecule has 0 aliphatic rings. The number of rotatable bonds is 7. The van der Waals surface area contributed by atoms with E-state index in [9.17, 15) is 0 Å². The molecule has 0 spiro atoms. The van der Waals surface area contributed by atoms with Crippen molar-refractivity contribution in [2.75, 3.05) is 0 Å². The molecule has 65 heavy (non-hydrogen) atoms. The summed E-state index contributed by atoms with van der Waals surface area (Å²) in [5, 5.41) is 4.57. The van der Waals surface area contributed by atoms with Crippen LogP contribution in [0.25, 0.3) is 123 Å². The van der Waals surface area contributed by atoms with Gasteiger partial charge in [-0.2, -0.15) is 0 Å². The Hall–Kier alpha value is -8.94. The van der Waals surface area contributed by atoms with Gasteiger partial charge in [-0.05, 0) is 72.3 Å². The summed E-state index contributed by atoms with van der Waals surface area (Å²) >= 11 is 0. The van der Waals surface area contributed by atoms with Crippen LogP contribution in [0.2, 0.25) is 0 Å². The van der Waals surface area contributed by atoms with Crippen LogP contribution in [-0.2, 0) is 0 Å². The van der Waals surface area contributed by atoms with Gasteiger partial charge in [-0.25, -0.2) is 19.9 Å². The molecule has 0 unspecified atom stereocenters. The molecule has 4 aromatic heterocycles. The van der Waals surface area contributed by atoms with Crippen LogP contribution in [0.1, 0.15) is 0 Å². The average molecular weight is 833 g/mol. The highest BCUT2D eigenvalue weighted by atomic mass is 16.3. The van der Waals surface area contributed by atoms with Gasteiger partial charge in [0.25, 0.3) is 0 Å².